The molecule has 0 atom stereocenters. The van der Waals surface area contributed by atoms with Crippen LogP contribution in [0.3, 0.4) is 0 Å². The molecule has 0 heterocycles. The van der Waals surface area contributed by atoms with E-state index in [1.807, 2.05) is 68.5 Å². The molecule has 0 saturated heterocycles. The van der Waals surface area contributed by atoms with Gasteiger partial charge in [-0.2, -0.15) is 0 Å². The van der Waals surface area contributed by atoms with Crippen LogP contribution in [-0.4, -0.2) is 12.8 Å². The monoisotopic (exact) mass is 285 g/mol. The molecule has 0 N–H and O–H groups in total. The van der Waals surface area contributed by atoms with Crippen molar-refractivity contribution in [2.75, 3.05) is 0 Å². The molecule has 4 rings (SSSR count). The Hall–Kier alpha value is -2.88. The van der Waals surface area contributed by atoms with Gasteiger partial charge in [0.05, 0.1) is 10.3 Å². The van der Waals surface area contributed by atoms with Crippen molar-refractivity contribution in [3.63, 3.8) is 0 Å². The highest BCUT2D eigenvalue weighted by Crippen LogP contribution is 2.36. The fourth-order valence-corrected chi connectivity index (χ4v) is 3.34. The molecular weight excluding hydrogens is 273 g/mol. The Bertz CT molecular complexity index is 1070. The Morgan fingerprint density at radius 1 is 0.773 bits per heavy atom. The summed E-state index contributed by atoms with van der Waals surface area (Å²) in [6.07, 6.45) is 0. The molecule has 22 heavy (non-hydrogen) atoms. The molecule has 3 nitrogen and oxygen atoms in total. The third-order valence-corrected chi connectivity index (χ3v) is 4.32. The first-order valence-electron chi connectivity index (χ1n) is 7.15. The lowest BCUT2D eigenvalue weighted by molar-refractivity contribution is -0.381. The number of benzene rings is 4. The second-order valence-corrected chi connectivity index (χ2v) is 5.49. The predicted molar refractivity (Wildman–Crippen MR) is 93.8 cm³/mol. The second-order valence-electron chi connectivity index (χ2n) is 5.49. The van der Waals surface area contributed by atoms with E-state index in [1.165, 1.54) is 0 Å². The van der Waals surface area contributed by atoms with Crippen LogP contribution in [0.5, 0.6) is 0 Å². The first kappa shape index (κ1) is 12.8. The summed E-state index contributed by atoms with van der Waals surface area (Å²) in [5.74, 6) is 0. The van der Waals surface area contributed by atoms with Gasteiger partial charge >= 0.3 is 0 Å². The number of nitro groups is 1. The van der Waals surface area contributed by atoms with Gasteiger partial charge in [0.25, 0.3) is 5.69 Å². The van der Waals surface area contributed by atoms with Crippen LogP contribution in [-0.2, 0) is 0 Å². The van der Waals surface area contributed by atoms with Gasteiger partial charge in [0, 0.05) is 0 Å². The first-order chi connectivity index (χ1) is 10.7. The van der Waals surface area contributed by atoms with Gasteiger partial charge in [-0.25, -0.2) is 0 Å². The standard InChI is InChI=1S/C18H12BNO2/c19-17-15-8-4-3-7-13(15)14-10-9-11-5-1-2-6-12(11)16(14)18(17)20(21)22/h1-10H,19H2. The molecular formula is C18H12BNO2. The van der Waals surface area contributed by atoms with Gasteiger partial charge in [0.1, 0.15) is 7.85 Å². The smallest absolute Gasteiger partial charge is 0.258 e. The van der Waals surface area contributed by atoms with E-state index >= 15 is 0 Å². The van der Waals surface area contributed by atoms with Gasteiger partial charge in [-0.15, -0.1) is 0 Å². The summed E-state index contributed by atoms with van der Waals surface area (Å²) in [5.41, 5.74) is 0.940. The Kier molecular flexibility index (Phi) is 2.66. The molecule has 0 radical (unpaired) electrons. The van der Waals surface area contributed by atoms with Crippen molar-refractivity contribution in [3.05, 3.63) is 70.8 Å². The maximum Gasteiger partial charge on any atom is 0.272 e. The van der Waals surface area contributed by atoms with Crippen LogP contribution in [0.25, 0.3) is 32.3 Å². The van der Waals surface area contributed by atoms with Gasteiger partial charge in [-0.3, -0.25) is 10.1 Å². The molecule has 0 aromatic heterocycles. The second kappa shape index (κ2) is 4.56. The fraction of sp³-hybridized carbons (Fsp3) is 0. The van der Waals surface area contributed by atoms with Gasteiger partial charge in [-0.05, 0) is 32.4 Å². The number of hydrogen-bond acceptors (Lipinski definition) is 2. The van der Waals surface area contributed by atoms with Crippen LogP contribution in [0.1, 0.15) is 0 Å². The van der Waals surface area contributed by atoms with Crippen LogP contribution in [0, 0.1) is 10.1 Å². The molecule has 0 spiro atoms. The van der Waals surface area contributed by atoms with Crippen molar-refractivity contribution in [2.24, 2.45) is 0 Å². The molecule has 0 fully saturated rings. The van der Waals surface area contributed by atoms with Crippen molar-refractivity contribution in [1.82, 2.24) is 0 Å². The lowest BCUT2D eigenvalue weighted by atomic mass is 9.83. The Labute approximate surface area is 127 Å². The summed E-state index contributed by atoms with van der Waals surface area (Å²) in [6.45, 7) is 0. The molecule has 0 bridgehead atoms. The minimum absolute atomic E-state index is 0.213. The van der Waals surface area contributed by atoms with Crippen LogP contribution in [0.2, 0.25) is 0 Å². The Balaban J connectivity index is 2.41. The zero-order valence-corrected chi connectivity index (χ0v) is 12.0. The Morgan fingerprint density at radius 2 is 1.41 bits per heavy atom. The highest BCUT2D eigenvalue weighted by molar-refractivity contribution is 6.46. The summed E-state index contributed by atoms with van der Waals surface area (Å²) in [6, 6.07) is 19.7. The summed E-state index contributed by atoms with van der Waals surface area (Å²) in [5, 5.41) is 17.4. The molecule has 0 aliphatic carbocycles. The summed E-state index contributed by atoms with van der Waals surface area (Å²) < 4.78 is 0. The van der Waals surface area contributed by atoms with E-state index in [-0.39, 0.29) is 10.6 Å². The number of fused-ring (bicyclic) bond motifs is 5. The number of hydrogen-bond donors (Lipinski definition) is 0. The number of nitrogens with zero attached hydrogens (tertiary/aromatic N) is 1. The largest absolute Gasteiger partial charge is 0.272 e. The van der Waals surface area contributed by atoms with Crippen molar-refractivity contribution in [3.8, 4) is 0 Å². The third-order valence-electron chi connectivity index (χ3n) is 4.32. The third kappa shape index (κ3) is 1.64. The molecule has 0 aliphatic heterocycles. The molecule has 0 unspecified atom stereocenters. The van der Waals surface area contributed by atoms with E-state index in [9.17, 15) is 10.1 Å². The van der Waals surface area contributed by atoms with Crippen molar-refractivity contribution < 1.29 is 4.92 Å². The number of nitro benzene ring substituents is 1. The van der Waals surface area contributed by atoms with E-state index in [4.69, 9.17) is 0 Å². The van der Waals surface area contributed by atoms with E-state index < -0.39 is 0 Å². The average molecular weight is 285 g/mol. The van der Waals surface area contributed by atoms with E-state index in [2.05, 4.69) is 0 Å². The van der Waals surface area contributed by atoms with Gasteiger partial charge in [-0.1, -0.05) is 60.7 Å². The van der Waals surface area contributed by atoms with E-state index in [0.717, 1.165) is 37.8 Å². The van der Waals surface area contributed by atoms with Crippen LogP contribution in [0.15, 0.2) is 60.7 Å². The minimum Gasteiger partial charge on any atom is -0.258 e. The highest BCUT2D eigenvalue weighted by atomic mass is 16.6. The lowest BCUT2D eigenvalue weighted by Gasteiger charge is -2.11. The quantitative estimate of drug-likeness (QED) is 0.233. The fourth-order valence-electron chi connectivity index (χ4n) is 3.34. The molecule has 0 aliphatic rings. The average Bonchev–Trinajstić information content (AvgIpc) is 2.54. The molecule has 4 aromatic rings. The maximum absolute atomic E-state index is 11.7. The normalized spacial score (nSPS) is 11.3. The SMILES string of the molecule is Bc1c([N+](=O)[O-])c2c3ccccc3ccc2c2ccccc12. The van der Waals surface area contributed by atoms with E-state index in [1.54, 1.807) is 0 Å². The minimum atomic E-state index is -0.253. The maximum atomic E-state index is 11.7. The number of rotatable bonds is 1. The topological polar surface area (TPSA) is 43.1 Å². The van der Waals surface area contributed by atoms with Gasteiger partial charge in [0.2, 0.25) is 0 Å². The summed E-state index contributed by atoms with van der Waals surface area (Å²) >= 11 is 0. The molecule has 4 heteroatoms. The van der Waals surface area contributed by atoms with Crippen LogP contribution in [0.4, 0.5) is 5.69 Å². The van der Waals surface area contributed by atoms with Crippen molar-refractivity contribution in [2.45, 2.75) is 0 Å². The molecule has 0 amide bonds. The molecule has 0 saturated carbocycles. The van der Waals surface area contributed by atoms with E-state index in [0.29, 0.717) is 0 Å². The zero-order valence-electron chi connectivity index (χ0n) is 12.0. The zero-order chi connectivity index (χ0) is 15.3. The van der Waals surface area contributed by atoms with Crippen LogP contribution >= 0.6 is 0 Å². The molecule has 104 valence electrons. The molecule has 4 aromatic carbocycles. The lowest BCUT2D eigenvalue weighted by Crippen LogP contribution is -2.12. The van der Waals surface area contributed by atoms with Gasteiger partial charge < -0.3 is 0 Å². The first-order valence-corrected chi connectivity index (χ1v) is 7.15. The van der Waals surface area contributed by atoms with Crippen molar-refractivity contribution in [1.29, 1.82) is 0 Å². The van der Waals surface area contributed by atoms with Gasteiger partial charge in [0.15, 0.2) is 0 Å². The van der Waals surface area contributed by atoms with Crippen molar-refractivity contribution >= 4 is 51.3 Å². The highest BCUT2D eigenvalue weighted by Gasteiger charge is 2.21. The summed E-state index contributed by atoms with van der Waals surface area (Å²) in [7, 11) is 1.84. The predicted octanol–water partition coefficient (Wildman–Crippen LogP) is 3.31. The van der Waals surface area contributed by atoms with Crippen LogP contribution < -0.4 is 5.46 Å². The summed E-state index contributed by atoms with van der Waals surface area (Å²) in [4.78, 5) is 11.5. The Morgan fingerprint density at radius 3 is 2.14 bits per heavy atom.